The first-order valence-electron chi connectivity index (χ1n) is 4.87. The van der Waals surface area contributed by atoms with E-state index in [-0.39, 0.29) is 12.4 Å². The first-order chi connectivity index (χ1) is 5.97. The van der Waals surface area contributed by atoms with E-state index in [1.165, 1.54) is 12.8 Å². The summed E-state index contributed by atoms with van der Waals surface area (Å²) in [6.45, 7) is 4.77. The molecule has 1 atom stereocenters. The highest BCUT2D eigenvalue weighted by Crippen LogP contribution is 2.21. The number of hydrogen-bond acceptors (Lipinski definition) is 3. The topological polar surface area (TPSA) is 30.5 Å². The van der Waals surface area contributed by atoms with Gasteiger partial charge in [-0.05, 0) is 18.8 Å². The molecule has 0 spiro atoms. The number of hydrogen-bond donors (Lipinski definition) is 1. The second-order valence-electron chi connectivity index (χ2n) is 3.56. The van der Waals surface area contributed by atoms with Gasteiger partial charge in [0.1, 0.15) is 0 Å². The van der Waals surface area contributed by atoms with Crippen molar-refractivity contribution in [3.05, 3.63) is 0 Å². The van der Waals surface area contributed by atoms with Gasteiger partial charge in [-0.2, -0.15) is 0 Å². The molecule has 0 saturated carbocycles. The van der Waals surface area contributed by atoms with Gasteiger partial charge in [0.05, 0.1) is 12.7 Å². The van der Waals surface area contributed by atoms with Crippen molar-refractivity contribution in [1.29, 1.82) is 0 Å². The van der Waals surface area contributed by atoms with Crippen LogP contribution in [0.5, 0.6) is 0 Å². The van der Waals surface area contributed by atoms with Crippen molar-refractivity contribution in [2.45, 2.75) is 18.9 Å². The monoisotopic (exact) mass is 207 g/mol. The summed E-state index contributed by atoms with van der Waals surface area (Å²) in [7, 11) is 0. The number of nitrogens with one attached hydrogen (secondary N) is 1. The van der Waals surface area contributed by atoms with Gasteiger partial charge in [0.2, 0.25) is 0 Å². The highest BCUT2D eigenvalue weighted by atomic mass is 35.5. The Morgan fingerprint density at radius 2 is 1.85 bits per heavy atom. The van der Waals surface area contributed by atoms with E-state index in [0.717, 1.165) is 38.8 Å². The van der Waals surface area contributed by atoms with Gasteiger partial charge in [0.25, 0.3) is 0 Å². The molecule has 2 rings (SSSR count). The molecule has 0 aromatic carbocycles. The van der Waals surface area contributed by atoms with Crippen molar-refractivity contribution >= 4 is 12.4 Å². The molecule has 1 N–H and O–H groups in total. The van der Waals surface area contributed by atoms with E-state index in [2.05, 4.69) is 5.32 Å². The molecule has 2 fully saturated rings. The fourth-order valence-electron chi connectivity index (χ4n) is 1.98. The SMILES string of the molecule is C1COC(C2CCOCC2)CN1.Cl. The molecule has 0 amide bonds. The van der Waals surface area contributed by atoms with Gasteiger partial charge >= 0.3 is 0 Å². The van der Waals surface area contributed by atoms with E-state index in [1.807, 2.05) is 0 Å². The standard InChI is InChI=1S/C9H17NO2.ClH/c1-4-11-5-2-8(1)9-7-10-3-6-12-9;/h8-10H,1-7H2;1H. The molecular weight excluding hydrogens is 190 g/mol. The van der Waals surface area contributed by atoms with E-state index >= 15 is 0 Å². The van der Waals surface area contributed by atoms with E-state index in [1.54, 1.807) is 0 Å². The van der Waals surface area contributed by atoms with Crippen molar-refractivity contribution in [3.8, 4) is 0 Å². The van der Waals surface area contributed by atoms with Gasteiger partial charge in [-0.3, -0.25) is 0 Å². The van der Waals surface area contributed by atoms with Crippen LogP contribution in [0.1, 0.15) is 12.8 Å². The maximum absolute atomic E-state index is 5.70. The molecule has 2 saturated heterocycles. The van der Waals surface area contributed by atoms with Crippen molar-refractivity contribution in [2.75, 3.05) is 32.9 Å². The number of halogens is 1. The molecular formula is C9H18ClNO2. The first kappa shape index (κ1) is 11.2. The quantitative estimate of drug-likeness (QED) is 0.691. The lowest BCUT2D eigenvalue weighted by Gasteiger charge is -2.33. The van der Waals surface area contributed by atoms with Crippen molar-refractivity contribution in [2.24, 2.45) is 5.92 Å². The summed E-state index contributed by atoms with van der Waals surface area (Å²) in [5, 5.41) is 3.37. The Morgan fingerprint density at radius 3 is 2.46 bits per heavy atom. The third-order valence-corrected chi connectivity index (χ3v) is 2.75. The Morgan fingerprint density at radius 1 is 1.08 bits per heavy atom. The Hall–Kier alpha value is 0.170. The molecule has 0 radical (unpaired) electrons. The van der Waals surface area contributed by atoms with E-state index in [4.69, 9.17) is 9.47 Å². The van der Waals surface area contributed by atoms with Crippen LogP contribution in [0.3, 0.4) is 0 Å². The lowest BCUT2D eigenvalue weighted by Crippen LogP contribution is -2.44. The second-order valence-corrected chi connectivity index (χ2v) is 3.56. The lowest BCUT2D eigenvalue weighted by atomic mass is 9.93. The van der Waals surface area contributed by atoms with Crippen LogP contribution in [0.4, 0.5) is 0 Å². The van der Waals surface area contributed by atoms with E-state index in [0.29, 0.717) is 6.10 Å². The first-order valence-corrected chi connectivity index (χ1v) is 4.87. The zero-order chi connectivity index (χ0) is 8.23. The van der Waals surface area contributed by atoms with Gasteiger partial charge in [0.15, 0.2) is 0 Å². The fourth-order valence-corrected chi connectivity index (χ4v) is 1.98. The van der Waals surface area contributed by atoms with Crippen LogP contribution in [0.25, 0.3) is 0 Å². The summed E-state index contributed by atoms with van der Waals surface area (Å²) in [5.41, 5.74) is 0. The molecule has 0 aromatic rings. The molecule has 0 aromatic heterocycles. The van der Waals surface area contributed by atoms with Gasteiger partial charge in [-0.1, -0.05) is 0 Å². The van der Waals surface area contributed by atoms with Crippen molar-refractivity contribution in [3.63, 3.8) is 0 Å². The maximum Gasteiger partial charge on any atom is 0.0729 e. The van der Waals surface area contributed by atoms with E-state index in [9.17, 15) is 0 Å². The van der Waals surface area contributed by atoms with Crippen LogP contribution in [0.2, 0.25) is 0 Å². The molecule has 0 aliphatic carbocycles. The summed E-state index contributed by atoms with van der Waals surface area (Å²) in [6.07, 6.45) is 2.79. The molecule has 13 heavy (non-hydrogen) atoms. The Labute approximate surface area is 85.6 Å². The highest BCUT2D eigenvalue weighted by Gasteiger charge is 2.25. The Kier molecular flexibility index (Phi) is 5.02. The van der Waals surface area contributed by atoms with Crippen LogP contribution >= 0.6 is 12.4 Å². The second kappa shape index (κ2) is 5.81. The third kappa shape index (κ3) is 3.09. The lowest BCUT2D eigenvalue weighted by molar-refractivity contribution is -0.0468. The normalized spacial score (nSPS) is 30.9. The predicted octanol–water partition coefficient (Wildman–Crippen LogP) is 0.823. The van der Waals surface area contributed by atoms with Crippen LogP contribution in [-0.4, -0.2) is 39.0 Å². The zero-order valence-electron chi connectivity index (χ0n) is 7.83. The molecule has 1 unspecified atom stereocenters. The minimum absolute atomic E-state index is 0. The third-order valence-electron chi connectivity index (χ3n) is 2.75. The number of rotatable bonds is 1. The van der Waals surface area contributed by atoms with Crippen molar-refractivity contribution in [1.82, 2.24) is 5.32 Å². The summed E-state index contributed by atoms with van der Waals surface area (Å²) >= 11 is 0. The Bertz CT molecular complexity index is 118. The zero-order valence-corrected chi connectivity index (χ0v) is 8.65. The molecule has 3 nitrogen and oxygen atoms in total. The Balaban J connectivity index is 0.000000845. The molecule has 2 aliphatic rings. The van der Waals surface area contributed by atoms with Gasteiger partial charge < -0.3 is 14.8 Å². The van der Waals surface area contributed by atoms with Gasteiger partial charge in [0, 0.05) is 26.3 Å². The minimum Gasteiger partial charge on any atom is -0.381 e. The minimum atomic E-state index is 0. The molecule has 2 heterocycles. The molecule has 4 heteroatoms. The molecule has 2 aliphatic heterocycles. The largest absolute Gasteiger partial charge is 0.381 e. The average Bonchev–Trinajstić information content (AvgIpc) is 2.21. The van der Waals surface area contributed by atoms with Crippen LogP contribution in [0, 0.1) is 5.92 Å². The summed E-state index contributed by atoms with van der Waals surface area (Å²) < 4.78 is 11.0. The fraction of sp³-hybridized carbons (Fsp3) is 1.00. The van der Waals surface area contributed by atoms with E-state index < -0.39 is 0 Å². The predicted molar refractivity (Wildman–Crippen MR) is 53.4 cm³/mol. The maximum atomic E-state index is 5.70. The number of ether oxygens (including phenoxy) is 2. The van der Waals surface area contributed by atoms with Crippen LogP contribution < -0.4 is 5.32 Å². The molecule has 0 bridgehead atoms. The van der Waals surface area contributed by atoms with Crippen LogP contribution in [-0.2, 0) is 9.47 Å². The van der Waals surface area contributed by atoms with Crippen LogP contribution in [0.15, 0.2) is 0 Å². The van der Waals surface area contributed by atoms with Gasteiger partial charge in [-0.25, -0.2) is 0 Å². The number of morpholine rings is 1. The summed E-state index contributed by atoms with van der Waals surface area (Å²) in [6, 6.07) is 0. The van der Waals surface area contributed by atoms with Gasteiger partial charge in [-0.15, -0.1) is 12.4 Å². The average molecular weight is 208 g/mol. The summed E-state index contributed by atoms with van der Waals surface area (Å²) in [4.78, 5) is 0. The smallest absolute Gasteiger partial charge is 0.0729 e. The van der Waals surface area contributed by atoms with Crippen molar-refractivity contribution < 1.29 is 9.47 Å². The highest BCUT2D eigenvalue weighted by molar-refractivity contribution is 5.85. The summed E-state index contributed by atoms with van der Waals surface area (Å²) in [5.74, 6) is 0.728. The molecule has 78 valence electrons.